The first-order chi connectivity index (χ1) is 10.9. The van der Waals surface area contributed by atoms with Crippen molar-refractivity contribution in [1.82, 2.24) is 4.72 Å². The summed E-state index contributed by atoms with van der Waals surface area (Å²) in [6.45, 7) is 5.27. The van der Waals surface area contributed by atoms with Crippen LogP contribution in [-0.4, -0.2) is 33.4 Å². The molecule has 0 aliphatic carbocycles. The van der Waals surface area contributed by atoms with Crippen molar-refractivity contribution >= 4 is 10.0 Å². The number of nitrogens with zero attached hydrogens (tertiary/aromatic N) is 1. The summed E-state index contributed by atoms with van der Waals surface area (Å²) in [5, 5.41) is 8.02. The molecule has 126 valence electrons. The Kier molecular flexibility index (Phi) is 5.79. The van der Waals surface area contributed by atoms with Gasteiger partial charge >= 0.3 is 0 Å². The first-order valence-corrected chi connectivity index (χ1v) is 9.51. The van der Waals surface area contributed by atoms with Crippen LogP contribution in [0.15, 0.2) is 24.3 Å². The van der Waals surface area contributed by atoms with Gasteiger partial charge in [0.15, 0.2) is 5.25 Å². The number of benzene rings is 1. The molecule has 1 aliphatic rings. The van der Waals surface area contributed by atoms with E-state index in [0.717, 1.165) is 18.4 Å². The SMILES string of the molecule is CC[C@H](C#N)S(=O)(=O)NCC1(c2ccc(C)cc2)CCOCC1. The summed E-state index contributed by atoms with van der Waals surface area (Å²) < 4.78 is 32.7. The molecule has 1 saturated heterocycles. The molecular formula is C17H24N2O3S. The predicted octanol–water partition coefficient (Wildman–Crippen LogP) is 2.26. The second-order valence-electron chi connectivity index (χ2n) is 6.15. The average molecular weight is 336 g/mol. The third-order valence-corrected chi connectivity index (χ3v) is 6.35. The molecule has 23 heavy (non-hydrogen) atoms. The molecule has 5 nitrogen and oxygen atoms in total. The summed E-state index contributed by atoms with van der Waals surface area (Å²) in [4.78, 5) is 0. The minimum atomic E-state index is -3.63. The van der Waals surface area contributed by atoms with E-state index < -0.39 is 15.3 Å². The second kappa shape index (κ2) is 7.43. The van der Waals surface area contributed by atoms with Gasteiger partial charge in [0, 0.05) is 25.2 Å². The third-order valence-electron chi connectivity index (χ3n) is 4.61. The number of nitrogens with one attached hydrogen (secondary N) is 1. The molecule has 2 rings (SSSR count). The Labute approximate surface area is 138 Å². The van der Waals surface area contributed by atoms with E-state index in [-0.39, 0.29) is 11.8 Å². The van der Waals surface area contributed by atoms with E-state index in [1.165, 1.54) is 5.56 Å². The monoisotopic (exact) mass is 336 g/mol. The number of hydrogen-bond donors (Lipinski definition) is 1. The van der Waals surface area contributed by atoms with E-state index in [9.17, 15) is 8.42 Å². The second-order valence-corrected chi connectivity index (χ2v) is 8.10. The number of aryl methyl sites for hydroxylation is 1. The zero-order valence-corrected chi connectivity index (χ0v) is 14.5. The Bertz CT molecular complexity index is 656. The lowest BCUT2D eigenvalue weighted by Crippen LogP contribution is -2.46. The van der Waals surface area contributed by atoms with E-state index >= 15 is 0 Å². The van der Waals surface area contributed by atoms with Gasteiger partial charge in [0.05, 0.1) is 6.07 Å². The van der Waals surface area contributed by atoms with Gasteiger partial charge in [-0.25, -0.2) is 13.1 Å². The molecule has 0 spiro atoms. The van der Waals surface area contributed by atoms with Gasteiger partial charge in [-0.1, -0.05) is 36.8 Å². The Hall–Kier alpha value is -1.42. The fourth-order valence-corrected chi connectivity index (χ4v) is 4.21. The minimum Gasteiger partial charge on any atom is -0.381 e. The Morgan fingerprint density at radius 2 is 1.91 bits per heavy atom. The molecule has 0 bridgehead atoms. The first-order valence-electron chi connectivity index (χ1n) is 7.96. The quantitative estimate of drug-likeness (QED) is 0.864. The molecular weight excluding hydrogens is 312 g/mol. The van der Waals surface area contributed by atoms with Crippen molar-refractivity contribution in [2.24, 2.45) is 0 Å². The molecule has 1 aromatic rings. The van der Waals surface area contributed by atoms with Crippen molar-refractivity contribution in [2.45, 2.75) is 43.8 Å². The maximum absolute atomic E-state index is 12.3. The van der Waals surface area contributed by atoms with Crippen molar-refractivity contribution in [3.63, 3.8) is 0 Å². The number of sulfonamides is 1. The molecule has 0 amide bonds. The van der Waals surface area contributed by atoms with Gasteiger partial charge in [-0.05, 0) is 31.7 Å². The van der Waals surface area contributed by atoms with Gasteiger partial charge in [-0.3, -0.25) is 0 Å². The lowest BCUT2D eigenvalue weighted by atomic mass is 9.74. The molecule has 1 heterocycles. The minimum absolute atomic E-state index is 0.271. The molecule has 0 saturated carbocycles. The largest absolute Gasteiger partial charge is 0.381 e. The van der Waals surface area contributed by atoms with Crippen LogP contribution >= 0.6 is 0 Å². The summed E-state index contributed by atoms with van der Waals surface area (Å²) in [5.41, 5.74) is 2.03. The van der Waals surface area contributed by atoms with Crippen molar-refractivity contribution in [1.29, 1.82) is 5.26 Å². The standard InChI is InChI=1S/C17H24N2O3S/c1-3-16(12-18)23(20,21)19-13-17(8-10-22-11-9-17)15-6-4-14(2)5-7-15/h4-7,16,19H,3,8-11,13H2,1-2H3/t16-/m1/s1. The smallest absolute Gasteiger partial charge is 0.227 e. The van der Waals surface area contributed by atoms with Crippen molar-refractivity contribution in [3.05, 3.63) is 35.4 Å². The average Bonchev–Trinajstić information content (AvgIpc) is 2.55. The lowest BCUT2D eigenvalue weighted by Gasteiger charge is -2.38. The Balaban J connectivity index is 2.23. The van der Waals surface area contributed by atoms with E-state index in [2.05, 4.69) is 16.9 Å². The van der Waals surface area contributed by atoms with Gasteiger partial charge in [0.25, 0.3) is 0 Å². The number of ether oxygens (including phenoxy) is 1. The van der Waals surface area contributed by atoms with E-state index in [1.807, 2.05) is 25.1 Å². The van der Waals surface area contributed by atoms with Crippen molar-refractivity contribution in [2.75, 3.05) is 19.8 Å². The molecule has 1 aliphatic heterocycles. The van der Waals surface area contributed by atoms with Crippen LogP contribution in [-0.2, 0) is 20.2 Å². The van der Waals surface area contributed by atoms with Crippen LogP contribution in [0, 0.1) is 18.3 Å². The highest BCUT2D eigenvalue weighted by molar-refractivity contribution is 7.90. The van der Waals surface area contributed by atoms with Gasteiger partial charge in [0.2, 0.25) is 10.0 Å². The van der Waals surface area contributed by atoms with E-state index in [1.54, 1.807) is 6.92 Å². The molecule has 6 heteroatoms. The highest BCUT2D eigenvalue weighted by atomic mass is 32.2. The van der Waals surface area contributed by atoms with Crippen LogP contribution in [0.3, 0.4) is 0 Å². The molecule has 1 aromatic carbocycles. The maximum atomic E-state index is 12.3. The predicted molar refractivity (Wildman–Crippen MR) is 89.5 cm³/mol. The highest BCUT2D eigenvalue weighted by Crippen LogP contribution is 2.34. The fraction of sp³-hybridized carbons (Fsp3) is 0.588. The van der Waals surface area contributed by atoms with Crippen molar-refractivity contribution < 1.29 is 13.2 Å². The summed E-state index contributed by atoms with van der Waals surface area (Å²) in [6.07, 6.45) is 1.82. The maximum Gasteiger partial charge on any atom is 0.227 e. The topological polar surface area (TPSA) is 79.2 Å². The van der Waals surface area contributed by atoms with Crippen molar-refractivity contribution in [3.8, 4) is 6.07 Å². The summed E-state index contributed by atoms with van der Waals surface area (Å²) in [5.74, 6) is 0. The molecule has 0 aromatic heterocycles. The van der Waals surface area contributed by atoms with Gasteiger partial charge < -0.3 is 4.74 Å². The first kappa shape index (κ1) is 17.9. The summed E-state index contributed by atoms with van der Waals surface area (Å²) in [7, 11) is -3.63. The normalized spacial score (nSPS) is 19.0. The molecule has 1 N–H and O–H groups in total. The van der Waals surface area contributed by atoms with Gasteiger partial charge in [-0.15, -0.1) is 0 Å². The highest BCUT2D eigenvalue weighted by Gasteiger charge is 2.36. The van der Waals surface area contributed by atoms with Crippen LogP contribution in [0.5, 0.6) is 0 Å². The zero-order chi connectivity index (χ0) is 16.9. The van der Waals surface area contributed by atoms with Crippen LogP contribution < -0.4 is 4.72 Å². The number of hydrogen-bond acceptors (Lipinski definition) is 4. The molecule has 1 atom stereocenters. The van der Waals surface area contributed by atoms with Gasteiger partial charge in [0.1, 0.15) is 0 Å². The number of nitriles is 1. The number of rotatable bonds is 6. The van der Waals surface area contributed by atoms with Crippen LogP contribution in [0.4, 0.5) is 0 Å². The molecule has 0 unspecified atom stereocenters. The molecule has 1 fully saturated rings. The fourth-order valence-electron chi connectivity index (χ4n) is 2.96. The van der Waals surface area contributed by atoms with E-state index in [0.29, 0.717) is 19.8 Å². The Morgan fingerprint density at radius 1 is 1.30 bits per heavy atom. The summed E-state index contributed by atoms with van der Waals surface area (Å²) >= 11 is 0. The van der Waals surface area contributed by atoms with Crippen LogP contribution in [0.25, 0.3) is 0 Å². The zero-order valence-electron chi connectivity index (χ0n) is 13.7. The van der Waals surface area contributed by atoms with Gasteiger partial charge in [-0.2, -0.15) is 5.26 Å². The van der Waals surface area contributed by atoms with E-state index in [4.69, 9.17) is 10.00 Å². The Morgan fingerprint density at radius 3 is 2.43 bits per heavy atom. The summed E-state index contributed by atoms with van der Waals surface area (Å²) in [6, 6.07) is 10.1. The lowest BCUT2D eigenvalue weighted by molar-refractivity contribution is 0.0517. The third kappa shape index (κ3) is 4.11. The van der Waals surface area contributed by atoms with Crippen LogP contribution in [0.1, 0.15) is 37.3 Å². The molecule has 0 radical (unpaired) electrons. The van der Waals surface area contributed by atoms with Crippen LogP contribution in [0.2, 0.25) is 0 Å².